The van der Waals surface area contributed by atoms with E-state index in [1.165, 1.54) is 20.8 Å². The lowest BCUT2D eigenvalue weighted by molar-refractivity contribution is -0.400. The van der Waals surface area contributed by atoms with E-state index >= 15 is 0 Å². The summed E-state index contributed by atoms with van der Waals surface area (Å²) >= 11 is 0. The number of ether oxygens (including phenoxy) is 12. The van der Waals surface area contributed by atoms with Gasteiger partial charge in [0.25, 0.3) is 0 Å². The molecule has 6 aliphatic heterocycles. The zero-order valence-electron chi connectivity index (χ0n) is 44.4. The van der Waals surface area contributed by atoms with Gasteiger partial charge in [-0.25, -0.2) is 0 Å². The molecule has 24 heteroatoms. The van der Waals surface area contributed by atoms with Crippen LogP contribution in [-0.4, -0.2) is 229 Å². The molecule has 6 fully saturated rings. The molecule has 0 aliphatic carbocycles. The van der Waals surface area contributed by atoms with Crippen molar-refractivity contribution in [3.8, 4) is 0 Å². The number of aliphatic hydroxyl groups is 10. The van der Waals surface area contributed by atoms with Crippen LogP contribution in [0.2, 0.25) is 0 Å². The topological polar surface area (TPSA) is 347 Å². The average Bonchev–Trinajstić information content (AvgIpc) is 3.38. The number of hydrogen-bond donors (Lipinski definition) is 10. The highest BCUT2D eigenvalue weighted by Gasteiger charge is 2.58. The number of carbonyl (C=O) groups excluding carboxylic acids is 2. The second kappa shape index (κ2) is 29.0. The minimum absolute atomic E-state index is 0.0368. The van der Waals surface area contributed by atoms with Gasteiger partial charge in [-0.2, -0.15) is 0 Å². The molecule has 6 saturated heterocycles. The Hall–Kier alpha value is -1.86. The number of carbonyl (C=O) groups is 2. The first-order chi connectivity index (χ1) is 35.7. The molecule has 6 aliphatic rings. The summed E-state index contributed by atoms with van der Waals surface area (Å²) in [6, 6.07) is 0. The summed E-state index contributed by atoms with van der Waals surface area (Å²) in [4.78, 5) is 27.8. The second-order valence-corrected chi connectivity index (χ2v) is 21.3. The van der Waals surface area contributed by atoms with Crippen LogP contribution >= 0.6 is 0 Å². The Bertz CT molecular complexity index is 1720. The molecule has 0 aromatic carbocycles. The summed E-state index contributed by atoms with van der Waals surface area (Å²) in [7, 11) is 0. The minimum atomic E-state index is -2.00. The maximum atomic E-state index is 14.0. The van der Waals surface area contributed by atoms with Gasteiger partial charge in [0.05, 0.1) is 43.0 Å². The largest absolute Gasteiger partial charge is 0.456 e. The van der Waals surface area contributed by atoms with Crippen molar-refractivity contribution in [2.45, 2.75) is 298 Å². The monoisotopic (exact) mass is 1080 g/mol. The van der Waals surface area contributed by atoms with Gasteiger partial charge in [0.15, 0.2) is 43.7 Å². The predicted octanol–water partition coefficient (Wildman–Crippen LogP) is -0.169. The van der Waals surface area contributed by atoms with Crippen LogP contribution in [0.15, 0.2) is 0 Å². The van der Waals surface area contributed by atoms with Gasteiger partial charge in [-0.1, -0.05) is 78.6 Å². The zero-order valence-corrected chi connectivity index (χ0v) is 44.4. The number of esters is 2. The van der Waals surface area contributed by atoms with Crippen molar-refractivity contribution in [2.24, 2.45) is 5.92 Å². The molecule has 75 heavy (non-hydrogen) atoms. The third-order valence-corrected chi connectivity index (χ3v) is 15.5. The molecule has 0 radical (unpaired) electrons. The third kappa shape index (κ3) is 15.5. The van der Waals surface area contributed by atoms with E-state index in [4.69, 9.17) is 56.8 Å². The molecule has 27 atom stereocenters. The van der Waals surface area contributed by atoms with Crippen molar-refractivity contribution in [3.05, 3.63) is 0 Å². The average molecular weight is 1090 g/mol. The number of fused-ring (bicyclic) bond motifs is 3. The SMILES string of the molecule is CCCCC[C@H]1CCCCCCCCCC(=O)O[C@H]2[C@@H](O)[C@H](O[C@H]3[C@H](O1)O[C@H](C)[C@H](O)[C@@H]3O)O[C@@H](C)[C@@H]2O[C@@H]1O[C@@H](C)[C@H](O[C@@H]2O[C@@H](C)[C@H](O)[C@@H](O)[C@H]2O)[C@@H](O[C@@H]2O[C@H](CO)[C@@H](O)[C@H](O)[C@H]2O)[C@H]1OC(=O)[C@@H](C)CC. The highest BCUT2D eigenvalue weighted by molar-refractivity contribution is 5.72. The molecule has 6 rings (SSSR count). The van der Waals surface area contributed by atoms with Gasteiger partial charge in [-0.05, 0) is 53.4 Å². The van der Waals surface area contributed by atoms with Crippen LogP contribution in [0.1, 0.15) is 138 Å². The van der Waals surface area contributed by atoms with Gasteiger partial charge in [-0.15, -0.1) is 0 Å². The van der Waals surface area contributed by atoms with E-state index < -0.39 is 178 Å². The Kier molecular flexibility index (Phi) is 24.1. The van der Waals surface area contributed by atoms with Crippen LogP contribution < -0.4 is 0 Å². The van der Waals surface area contributed by atoms with Gasteiger partial charge in [-0.3, -0.25) is 9.59 Å². The Labute approximate surface area is 439 Å². The van der Waals surface area contributed by atoms with Gasteiger partial charge in [0.2, 0.25) is 0 Å². The van der Waals surface area contributed by atoms with Crippen molar-refractivity contribution in [3.63, 3.8) is 0 Å². The van der Waals surface area contributed by atoms with Crippen LogP contribution in [0.5, 0.6) is 0 Å². The second-order valence-electron chi connectivity index (χ2n) is 21.3. The number of hydrogen-bond acceptors (Lipinski definition) is 24. The molecule has 0 unspecified atom stereocenters. The Morgan fingerprint density at radius 2 is 1.11 bits per heavy atom. The molecular formula is C51H88O24. The van der Waals surface area contributed by atoms with Crippen molar-refractivity contribution >= 4 is 11.9 Å². The van der Waals surface area contributed by atoms with E-state index in [0.29, 0.717) is 19.3 Å². The van der Waals surface area contributed by atoms with Crippen LogP contribution in [0.4, 0.5) is 0 Å². The molecule has 436 valence electrons. The molecule has 2 bridgehead atoms. The van der Waals surface area contributed by atoms with E-state index in [1.54, 1.807) is 20.8 Å². The molecule has 6 heterocycles. The highest BCUT2D eigenvalue weighted by atomic mass is 16.8. The maximum absolute atomic E-state index is 14.0. The lowest BCUT2D eigenvalue weighted by atomic mass is 9.95. The van der Waals surface area contributed by atoms with Crippen molar-refractivity contribution in [1.29, 1.82) is 0 Å². The highest BCUT2D eigenvalue weighted by Crippen LogP contribution is 2.39. The Balaban J connectivity index is 1.37. The van der Waals surface area contributed by atoms with Crippen molar-refractivity contribution in [2.75, 3.05) is 6.61 Å². The summed E-state index contributed by atoms with van der Waals surface area (Å²) in [5.74, 6) is -2.28. The summed E-state index contributed by atoms with van der Waals surface area (Å²) < 4.78 is 74.9. The Morgan fingerprint density at radius 1 is 0.547 bits per heavy atom. The molecule has 0 saturated carbocycles. The normalized spacial score (nSPS) is 46.5. The first-order valence-corrected chi connectivity index (χ1v) is 27.4. The number of rotatable bonds is 14. The van der Waals surface area contributed by atoms with E-state index in [0.717, 1.165) is 57.8 Å². The van der Waals surface area contributed by atoms with E-state index in [-0.39, 0.29) is 18.9 Å². The quantitative estimate of drug-likeness (QED) is 0.0797. The minimum Gasteiger partial charge on any atom is -0.456 e. The summed E-state index contributed by atoms with van der Waals surface area (Å²) in [5, 5.41) is 110. The maximum Gasteiger partial charge on any atom is 0.309 e. The van der Waals surface area contributed by atoms with Gasteiger partial charge >= 0.3 is 11.9 Å². The third-order valence-electron chi connectivity index (χ3n) is 15.5. The van der Waals surface area contributed by atoms with Gasteiger partial charge in [0.1, 0.15) is 85.5 Å². The summed E-state index contributed by atoms with van der Waals surface area (Å²) in [6.45, 7) is 10.6. The summed E-state index contributed by atoms with van der Waals surface area (Å²) in [6.07, 6.45) is -29.3. The predicted molar refractivity (Wildman–Crippen MR) is 256 cm³/mol. The molecule has 0 amide bonds. The fraction of sp³-hybridized carbons (Fsp3) is 0.961. The van der Waals surface area contributed by atoms with E-state index in [9.17, 15) is 60.7 Å². The van der Waals surface area contributed by atoms with Crippen LogP contribution in [0, 0.1) is 5.92 Å². The van der Waals surface area contributed by atoms with Gasteiger partial charge in [0, 0.05) is 6.42 Å². The molecule has 24 nitrogen and oxygen atoms in total. The standard InChI is InChI=1S/C51H88O24/c1-8-10-16-19-28-20-17-14-12-11-13-15-18-21-30(53)70-42-39(62)49(74-43-36(59)32(55)25(5)65-50(43)68-28)66-26(6)40(42)73-51-45(71-46(63)23(3)9-2)44(75-48-38(61)35(58)33(56)29(22-52)69-48)41(27(7)67-51)72-47-37(60)34(57)31(54)24(4)64-47/h23-29,31-45,47-52,54-62H,8-22H2,1-7H3/t23-,24-,25+,26-,27-,28-,29+,31-,32-,33+,34+,35-,36-,37+,38+,39+,40-,41-,42-,43+,44+,45+,47-,48-,49-,50-,51-/m0/s1. The van der Waals surface area contributed by atoms with E-state index in [2.05, 4.69) is 6.92 Å². The summed E-state index contributed by atoms with van der Waals surface area (Å²) in [5.41, 5.74) is 0. The fourth-order valence-corrected chi connectivity index (χ4v) is 10.4. The molecule has 0 aromatic rings. The number of unbranched alkanes of at least 4 members (excludes halogenated alkanes) is 2. The lowest BCUT2D eigenvalue weighted by Gasteiger charge is -2.51. The fourth-order valence-electron chi connectivity index (χ4n) is 10.4. The van der Waals surface area contributed by atoms with E-state index in [1.807, 2.05) is 0 Å². The van der Waals surface area contributed by atoms with Crippen LogP contribution in [0.3, 0.4) is 0 Å². The van der Waals surface area contributed by atoms with Crippen molar-refractivity contribution < 1.29 is 117 Å². The molecule has 0 aromatic heterocycles. The molecule has 0 spiro atoms. The Morgan fingerprint density at radius 3 is 1.77 bits per heavy atom. The van der Waals surface area contributed by atoms with Gasteiger partial charge < -0.3 is 108 Å². The molecule has 10 N–H and O–H groups in total. The van der Waals surface area contributed by atoms with Crippen LogP contribution in [-0.2, 0) is 66.4 Å². The first kappa shape index (κ1) is 62.3. The number of aliphatic hydroxyl groups excluding tert-OH is 10. The zero-order chi connectivity index (χ0) is 54.8. The smallest absolute Gasteiger partial charge is 0.309 e. The first-order valence-electron chi connectivity index (χ1n) is 27.4. The molecular weight excluding hydrogens is 997 g/mol. The lowest BCUT2D eigenvalue weighted by Crippen LogP contribution is -2.68. The van der Waals surface area contributed by atoms with Crippen LogP contribution in [0.25, 0.3) is 0 Å². The van der Waals surface area contributed by atoms with Crippen molar-refractivity contribution in [1.82, 2.24) is 0 Å².